The summed E-state index contributed by atoms with van der Waals surface area (Å²) in [5.74, 6) is 1.67. The van der Waals surface area contributed by atoms with E-state index >= 15 is 0 Å². The molecule has 0 aromatic carbocycles. The van der Waals surface area contributed by atoms with E-state index in [1.165, 1.54) is 58.2 Å². The largest absolute Gasteiger partial charge is 0.330 e. The Hall–Kier alpha value is -0.120. The summed E-state index contributed by atoms with van der Waals surface area (Å²) in [5.41, 5.74) is 5.94. The zero-order valence-corrected chi connectivity index (χ0v) is 12.3. The third-order valence-corrected chi connectivity index (χ3v) is 5.15. The molecule has 2 aliphatic rings. The van der Waals surface area contributed by atoms with Crippen LogP contribution in [0.5, 0.6) is 0 Å². The number of piperidine rings is 1. The van der Waals surface area contributed by atoms with Crippen molar-refractivity contribution in [1.29, 1.82) is 0 Å². The molecule has 1 aliphatic heterocycles. The summed E-state index contributed by atoms with van der Waals surface area (Å²) in [5, 5.41) is 0. The lowest BCUT2D eigenvalue weighted by Gasteiger charge is -2.39. The molecule has 3 heteroatoms. The van der Waals surface area contributed by atoms with Crippen molar-refractivity contribution in [2.75, 3.05) is 40.3 Å². The highest BCUT2D eigenvalue weighted by Gasteiger charge is 2.28. The Morgan fingerprint density at radius 2 is 1.61 bits per heavy atom. The molecule has 1 saturated carbocycles. The maximum atomic E-state index is 5.94. The van der Waals surface area contributed by atoms with Crippen LogP contribution in [0.4, 0.5) is 0 Å². The van der Waals surface area contributed by atoms with Crippen molar-refractivity contribution in [3.05, 3.63) is 0 Å². The third kappa shape index (κ3) is 3.69. The molecule has 2 N–H and O–H groups in total. The molecule has 1 saturated heterocycles. The first kappa shape index (κ1) is 14.3. The summed E-state index contributed by atoms with van der Waals surface area (Å²) in [4.78, 5) is 5.08. The molecule has 0 bridgehead atoms. The smallest absolute Gasteiger partial charge is 0.0113 e. The first-order valence-electron chi connectivity index (χ1n) is 7.79. The summed E-state index contributed by atoms with van der Waals surface area (Å²) in [6, 6.07) is 0.804. The van der Waals surface area contributed by atoms with E-state index in [4.69, 9.17) is 5.73 Å². The van der Waals surface area contributed by atoms with Crippen LogP contribution in [0.15, 0.2) is 0 Å². The maximum absolute atomic E-state index is 5.94. The minimum absolute atomic E-state index is 0.797. The number of rotatable bonds is 4. The van der Waals surface area contributed by atoms with Crippen LogP contribution in [0.1, 0.15) is 38.5 Å². The lowest BCUT2D eigenvalue weighted by molar-refractivity contribution is 0.103. The van der Waals surface area contributed by atoms with Crippen molar-refractivity contribution in [2.24, 2.45) is 17.6 Å². The van der Waals surface area contributed by atoms with Crippen LogP contribution in [0.2, 0.25) is 0 Å². The molecule has 0 aromatic heterocycles. The molecule has 2 fully saturated rings. The van der Waals surface area contributed by atoms with E-state index in [9.17, 15) is 0 Å². The zero-order chi connectivity index (χ0) is 13.0. The first-order chi connectivity index (χ1) is 8.70. The van der Waals surface area contributed by atoms with E-state index in [0.717, 1.165) is 24.4 Å². The first-order valence-corrected chi connectivity index (χ1v) is 7.79. The van der Waals surface area contributed by atoms with Crippen molar-refractivity contribution in [3.8, 4) is 0 Å². The fourth-order valence-electron chi connectivity index (χ4n) is 3.79. The molecule has 0 spiro atoms. The fraction of sp³-hybridized carbons (Fsp3) is 1.00. The monoisotopic (exact) mass is 253 g/mol. The lowest BCUT2D eigenvalue weighted by atomic mass is 9.79. The standard InChI is InChI=1S/C15H31N3/c1-17(2)15-7-9-18(10-8-15)12-14-6-4-3-5-13(14)11-16/h13-15H,3-12,16H2,1-2H3. The predicted octanol–water partition coefficient (Wildman–Crippen LogP) is 1.78. The van der Waals surface area contributed by atoms with Crippen LogP contribution < -0.4 is 5.73 Å². The highest BCUT2D eigenvalue weighted by atomic mass is 15.2. The second kappa shape index (κ2) is 6.88. The molecule has 1 heterocycles. The Morgan fingerprint density at radius 3 is 2.17 bits per heavy atom. The highest BCUT2D eigenvalue weighted by molar-refractivity contribution is 4.82. The zero-order valence-electron chi connectivity index (χ0n) is 12.3. The van der Waals surface area contributed by atoms with Gasteiger partial charge in [0.05, 0.1) is 0 Å². The van der Waals surface area contributed by atoms with Crippen molar-refractivity contribution in [1.82, 2.24) is 9.80 Å². The van der Waals surface area contributed by atoms with Crippen molar-refractivity contribution >= 4 is 0 Å². The molecular weight excluding hydrogens is 222 g/mol. The van der Waals surface area contributed by atoms with Gasteiger partial charge in [-0.3, -0.25) is 0 Å². The van der Waals surface area contributed by atoms with Crippen LogP contribution in [-0.4, -0.2) is 56.1 Å². The van der Waals surface area contributed by atoms with Gasteiger partial charge in [0.15, 0.2) is 0 Å². The van der Waals surface area contributed by atoms with Crippen molar-refractivity contribution in [2.45, 2.75) is 44.6 Å². The quantitative estimate of drug-likeness (QED) is 0.829. The molecule has 1 aliphatic carbocycles. The minimum atomic E-state index is 0.797. The van der Waals surface area contributed by atoms with E-state index in [-0.39, 0.29) is 0 Å². The van der Waals surface area contributed by atoms with Gasteiger partial charge < -0.3 is 15.5 Å². The van der Waals surface area contributed by atoms with Crippen LogP contribution in [0, 0.1) is 11.8 Å². The van der Waals surface area contributed by atoms with Gasteiger partial charge in [-0.1, -0.05) is 12.8 Å². The van der Waals surface area contributed by atoms with E-state index in [2.05, 4.69) is 23.9 Å². The minimum Gasteiger partial charge on any atom is -0.330 e. The Kier molecular flexibility index (Phi) is 5.46. The SMILES string of the molecule is CN(C)C1CCN(CC2CCCCC2CN)CC1. The number of hydrogen-bond donors (Lipinski definition) is 1. The normalized spacial score (nSPS) is 32.0. The molecule has 2 rings (SSSR count). The molecule has 106 valence electrons. The molecule has 0 amide bonds. The number of nitrogens with two attached hydrogens (primary N) is 1. The Labute approximate surface area is 113 Å². The number of likely N-dealkylation sites (tertiary alicyclic amines) is 1. The number of nitrogens with zero attached hydrogens (tertiary/aromatic N) is 2. The second-order valence-electron chi connectivity index (χ2n) is 6.54. The summed E-state index contributed by atoms with van der Waals surface area (Å²) in [6.45, 7) is 4.79. The van der Waals surface area contributed by atoms with Gasteiger partial charge in [-0.05, 0) is 71.2 Å². The van der Waals surface area contributed by atoms with E-state index in [1.807, 2.05) is 0 Å². The topological polar surface area (TPSA) is 32.5 Å². The molecular formula is C15H31N3. The Morgan fingerprint density at radius 1 is 1.00 bits per heavy atom. The second-order valence-corrected chi connectivity index (χ2v) is 6.54. The lowest BCUT2D eigenvalue weighted by Crippen LogP contribution is -2.45. The van der Waals surface area contributed by atoms with E-state index in [1.54, 1.807) is 0 Å². The molecule has 2 atom stereocenters. The van der Waals surface area contributed by atoms with Gasteiger partial charge in [-0.2, -0.15) is 0 Å². The average Bonchev–Trinajstić information content (AvgIpc) is 2.40. The van der Waals surface area contributed by atoms with Crippen LogP contribution >= 0.6 is 0 Å². The van der Waals surface area contributed by atoms with Crippen molar-refractivity contribution in [3.63, 3.8) is 0 Å². The van der Waals surface area contributed by atoms with E-state index in [0.29, 0.717) is 0 Å². The van der Waals surface area contributed by atoms with Gasteiger partial charge >= 0.3 is 0 Å². The number of hydrogen-bond acceptors (Lipinski definition) is 3. The summed E-state index contributed by atoms with van der Waals surface area (Å²) < 4.78 is 0. The third-order valence-electron chi connectivity index (χ3n) is 5.15. The van der Waals surface area contributed by atoms with Gasteiger partial charge in [0.2, 0.25) is 0 Å². The van der Waals surface area contributed by atoms with Gasteiger partial charge in [-0.15, -0.1) is 0 Å². The van der Waals surface area contributed by atoms with Gasteiger partial charge in [0, 0.05) is 12.6 Å². The molecule has 0 aromatic rings. The van der Waals surface area contributed by atoms with Crippen molar-refractivity contribution < 1.29 is 0 Å². The van der Waals surface area contributed by atoms with Gasteiger partial charge in [0.25, 0.3) is 0 Å². The highest BCUT2D eigenvalue weighted by Crippen LogP contribution is 2.30. The molecule has 3 nitrogen and oxygen atoms in total. The van der Waals surface area contributed by atoms with Crippen LogP contribution in [0.25, 0.3) is 0 Å². The fourth-order valence-corrected chi connectivity index (χ4v) is 3.79. The summed E-state index contributed by atoms with van der Waals surface area (Å²) in [6.07, 6.45) is 8.29. The summed E-state index contributed by atoms with van der Waals surface area (Å²) in [7, 11) is 4.43. The van der Waals surface area contributed by atoms with Gasteiger partial charge in [0.1, 0.15) is 0 Å². The van der Waals surface area contributed by atoms with E-state index < -0.39 is 0 Å². The summed E-state index contributed by atoms with van der Waals surface area (Å²) >= 11 is 0. The van der Waals surface area contributed by atoms with Crippen LogP contribution in [0.3, 0.4) is 0 Å². The molecule has 0 radical (unpaired) electrons. The van der Waals surface area contributed by atoms with Crippen LogP contribution in [-0.2, 0) is 0 Å². The average molecular weight is 253 g/mol. The van der Waals surface area contributed by atoms with Gasteiger partial charge in [-0.25, -0.2) is 0 Å². The Balaban J connectivity index is 1.76. The predicted molar refractivity (Wildman–Crippen MR) is 77.7 cm³/mol. The molecule has 2 unspecified atom stereocenters. The molecule has 18 heavy (non-hydrogen) atoms. The maximum Gasteiger partial charge on any atom is 0.0113 e. The Bertz CT molecular complexity index is 234.